The normalized spacial score (nSPS) is 10.6. The van der Waals surface area contributed by atoms with Crippen LogP contribution in [0.25, 0.3) is 11.3 Å². The van der Waals surface area contributed by atoms with Gasteiger partial charge in [0.1, 0.15) is 0 Å². The van der Waals surface area contributed by atoms with E-state index in [1.165, 1.54) is 0 Å². The van der Waals surface area contributed by atoms with E-state index in [-0.39, 0.29) is 0 Å². The largest absolute Gasteiger partial charge is 0.326 e. The maximum Gasteiger partial charge on any atom is 0.0968 e. The monoisotopic (exact) mass is 265 g/mol. The highest BCUT2D eigenvalue weighted by molar-refractivity contribution is 9.10. The number of nitrogens with one attached hydrogen (secondary N) is 1. The molecule has 4 heteroatoms. The second-order valence-corrected chi connectivity index (χ2v) is 4.30. The molecule has 0 unspecified atom stereocenters. The van der Waals surface area contributed by atoms with Gasteiger partial charge in [-0.2, -0.15) is 5.10 Å². The number of rotatable bonds is 2. The number of aromatic amines is 1. The van der Waals surface area contributed by atoms with Crippen molar-refractivity contribution in [2.45, 2.75) is 13.5 Å². The quantitative estimate of drug-likeness (QED) is 0.877. The van der Waals surface area contributed by atoms with Crippen LogP contribution in [0, 0.1) is 6.92 Å². The molecule has 0 aliphatic carbocycles. The first-order valence-electron chi connectivity index (χ1n) is 4.72. The first-order valence-corrected chi connectivity index (χ1v) is 5.51. The third-order valence-corrected chi connectivity index (χ3v) is 2.92. The summed E-state index contributed by atoms with van der Waals surface area (Å²) in [4.78, 5) is 0. The predicted octanol–water partition coefficient (Wildman–Crippen LogP) is 2.61. The lowest BCUT2D eigenvalue weighted by atomic mass is 10.1. The summed E-state index contributed by atoms with van der Waals surface area (Å²) in [6.07, 6.45) is 0. The summed E-state index contributed by atoms with van der Waals surface area (Å²) in [5, 5.41) is 7.23. The van der Waals surface area contributed by atoms with E-state index in [1.54, 1.807) is 0 Å². The molecular formula is C11H12BrN3. The van der Waals surface area contributed by atoms with Crippen molar-refractivity contribution in [2.75, 3.05) is 0 Å². The summed E-state index contributed by atoms with van der Waals surface area (Å²) in [5.74, 6) is 0. The molecule has 2 rings (SSSR count). The summed E-state index contributed by atoms with van der Waals surface area (Å²) in [7, 11) is 0. The number of hydrogen-bond donors (Lipinski definition) is 2. The molecule has 1 aromatic carbocycles. The van der Waals surface area contributed by atoms with Crippen LogP contribution < -0.4 is 5.73 Å². The Balaban J connectivity index is 2.49. The average molecular weight is 266 g/mol. The van der Waals surface area contributed by atoms with Crippen molar-refractivity contribution in [3.8, 4) is 11.3 Å². The molecule has 2 aromatic rings. The van der Waals surface area contributed by atoms with E-state index in [9.17, 15) is 0 Å². The van der Waals surface area contributed by atoms with Crippen LogP contribution in [0.1, 0.15) is 11.3 Å². The van der Waals surface area contributed by atoms with Crippen molar-refractivity contribution in [3.05, 3.63) is 40.0 Å². The van der Waals surface area contributed by atoms with Gasteiger partial charge in [-0.15, -0.1) is 0 Å². The molecule has 0 atom stereocenters. The molecule has 0 amide bonds. The smallest absolute Gasteiger partial charge is 0.0968 e. The number of benzene rings is 1. The fourth-order valence-corrected chi connectivity index (χ4v) is 1.81. The van der Waals surface area contributed by atoms with E-state index in [0.717, 1.165) is 27.0 Å². The van der Waals surface area contributed by atoms with Crippen LogP contribution in [-0.2, 0) is 6.54 Å². The minimum atomic E-state index is 0.508. The van der Waals surface area contributed by atoms with Crippen LogP contribution in [0.15, 0.2) is 28.7 Å². The molecule has 0 saturated carbocycles. The van der Waals surface area contributed by atoms with E-state index in [2.05, 4.69) is 26.1 Å². The van der Waals surface area contributed by atoms with Crippen molar-refractivity contribution in [1.82, 2.24) is 10.2 Å². The Labute approximate surface area is 96.8 Å². The lowest BCUT2D eigenvalue weighted by Gasteiger charge is -2.01. The molecule has 0 fully saturated rings. The predicted molar refractivity (Wildman–Crippen MR) is 64.4 cm³/mol. The molecule has 0 aliphatic heterocycles. The third kappa shape index (κ3) is 1.96. The van der Waals surface area contributed by atoms with Crippen molar-refractivity contribution in [2.24, 2.45) is 5.73 Å². The molecule has 0 aliphatic rings. The zero-order valence-corrected chi connectivity index (χ0v) is 10.0. The van der Waals surface area contributed by atoms with Gasteiger partial charge in [0.05, 0.1) is 5.69 Å². The number of halogens is 1. The van der Waals surface area contributed by atoms with Crippen LogP contribution in [0.4, 0.5) is 0 Å². The fourth-order valence-electron chi connectivity index (χ4n) is 1.55. The minimum Gasteiger partial charge on any atom is -0.326 e. The molecule has 1 aromatic heterocycles. The molecule has 0 saturated heterocycles. The number of H-pyrrole nitrogens is 1. The van der Waals surface area contributed by atoms with Gasteiger partial charge in [-0.3, -0.25) is 5.10 Å². The van der Waals surface area contributed by atoms with Gasteiger partial charge in [-0.1, -0.05) is 28.1 Å². The molecule has 0 bridgehead atoms. The second kappa shape index (κ2) is 4.16. The van der Waals surface area contributed by atoms with Crippen molar-refractivity contribution < 1.29 is 0 Å². The number of aromatic nitrogens is 2. The highest BCUT2D eigenvalue weighted by Gasteiger charge is 2.09. The first kappa shape index (κ1) is 10.4. The van der Waals surface area contributed by atoms with Crippen LogP contribution in [0.3, 0.4) is 0 Å². The van der Waals surface area contributed by atoms with Gasteiger partial charge in [0, 0.05) is 27.8 Å². The van der Waals surface area contributed by atoms with E-state index in [0.29, 0.717) is 6.54 Å². The Morgan fingerprint density at radius 2 is 2.00 bits per heavy atom. The molecule has 0 spiro atoms. The van der Waals surface area contributed by atoms with Gasteiger partial charge >= 0.3 is 0 Å². The Kier molecular flexibility index (Phi) is 2.88. The second-order valence-electron chi connectivity index (χ2n) is 3.39. The lowest BCUT2D eigenvalue weighted by molar-refractivity contribution is 1.03. The van der Waals surface area contributed by atoms with Gasteiger partial charge < -0.3 is 5.73 Å². The van der Waals surface area contributed by atoms with Crippen LogP contribution in [0.5, 0.6) is 0 Å². The molecule has 1 heterocycles. The maximum absolute atomic E-state index is 5.69. The summed E-state index contributed by atoms with van der Waals surface area (Å²) in [6, 6.07) is 8.05. The van der Waals surface area contributed by atoms with Gasteiger partial charge in [0.2, 0.25) is 0 Å². The number of aryl methyl sites for hydroxylation is 1. The summed E-state index contributed by atoms with van der Waals surface area (Å²) in [6.45, 7) is 2.49. The first-order chi connectivity index (χ1) is 7.22. The summed E-state index contributed by atoms with van der Waals surface area (Å²) in [5.41, 5.74) is 9.85. The number of hydrogen-bond acceptors (Lipinski definition) is 2. The molecule has 3 nitrogen and oxygen atoms in total. The SMILES string of the molecule is Cc1[nH]nc(-c2ccc(Br)cc2)c1CN. The average Bonchev–Trinajstić information content (AvgIpc) is 2.61. The van der Waals surface area contributed by atoms with Crippen LogP contribution in [-0.4, -0.2) is 10.2 Å². The van der Waals surface area contributed by atoms with Crippen molar-refractivity contribution in [3.63, 3.8) is 0 Å². The maximum atomic E-state index is 5.69. The Hall–Kier alpha value is -1.13. The Bertz CT molecular complexity index is 459. The lowest BCUT2D eigenvalue weighted by Crippen LogP contribution is -1.98. The van der Waals surface area contributed by atoms with Crippen LogP contribution >= 0.6 is 15.9 Å². The Morgan fingerprint density at radius 3 is 2.60 bits per heavy atom. The van der Waals surface area contributed by atoms with E-state index in [4.69, 9.17) is 5.73 Å². The highest BCUT2D eigenvalue weighted by atomic mass is 79.9. The molecule has 0 radical (unpaired) electrons. The fraction of sp³-hybridized carbons (Fsp3) is 0.182. The molecule has 78 valence electrons. The molecule has 15 heavy (non-hydrogen) atoms. The van der Waals surface area contributed by atoms with Gasteiger partial charge in [0.25, 0.3) is 0 Å². The Morgan fingerprint density at radius 1 is 1.33 bits per heavy atom. The van der Waals surface area contributed by atoms with Crippen molar-refractivity contribution in [1.29, 1.82) is 0 Å². The van der Waals surface area contributed by atoms with Gasteiger partial charge in [0.15, 0.2) is 0 Å². The van der Waals surface area contributed by atoms with E-state index < -0.39 is 0 Å². The zero-order chi connectivity index (χ0) is 10.8. The standard InChI is InChI=1S/C11H12BrN3/c1-7-10(6-13)11(15-14-7)8-2-4-9(12)5-3-8/h2-5H,6,13H2,1H3,(H,14,15). The number of nitrogens with zero attached hydrogens (tertiary/aromatic N) is 1. The van der Waals surface area contributed by atoms with Crippen molar-refractivity contribution >= 4 is 15.9 Å². The van der Waals surface area contributed by atoms with Gasteiger partial charge in [-0.05, 0) is 19.1 Å². The number of nitrogens with two attached hydrogens (primary N) is 1. The van der Waals surface area contributed by atoms with E-state index in [1.807, 2.05) is 31.2 Å². The minimum absolute atomic E-state index is 0.508. The highest BCUT2D eigenvalue weighted by Crippen LogP contribution is 2.24. The topological polar surface area (TPSA) is 54.7 Å². The molecular weight excluding hydrogens is 254 g/mol. The molecule has 3 N–H and O–H groups in total. The summed E-state index contributed by atoms with van der Waals surface area (Å²) < 4.78 is 1.06. The summed E-state index contributed by atoms with van der Waals surface area (Å²) >= 11 is 3.41. The van der Waals surface area contributed by atoms with E-state index >= 15 is 0 Å². The third-order valence-electron chi connectivity index (χ3n) is 2.40. The zero-order valence-electron chi connectivity index (χ0n) is 8.42. The van der Waals surface area contributed by atoms with Crippen LogP contribution in [0.2, 0.25) is 0 Å². The van der Waals surface area contributed by atoms with Gasteiger partial charge in [-0.25, -0.2) is 0 Å².